The number of aromatic nitrogens is 1. The molecule has 0 bridgehead atoms. The van der Waals surface area contributed by atoms with Crippen LogP contribution in [0.25, 0.3) is 0 Å². The number of nitrogens with zero attached hydrogens (tertiary/aromatic N) is 1. The third-order valence-corrected chi connectivity index (χ3v) is 3.04. The first-order chi connectivity index (χ1) is 7.90. The monoisotopic (exact) mass is 220 g/mol. The molecule has 16 heavy (non-hydrogen) atoms. The minimum atomic E-state index is 0.242. The first-order valence-corrected chi connectivity index (χ1v) is 6.15. The summed E-state index contributed by atoms with van der Waals surface area (Å²) in [5.74, 6) is 0. The number of pyridine rings is 1. The fourth-order valence-corrected chi connectivity index (χ4v) is 2.14. The predicted molar refractivity (Wildman–Crippen MR) is 64.2 cm³/mol. The molecule has 1 fully saturated rings. The van der Waals surface area contributed by atoms with Crippen LogP contribution in [0.2, 0.25) is 0 Å². The lowest BCUT2D eigenvalue weighted by molar-refractivity contribution is 0.000312. The van der Waals surface area contributed by atoms with E-state index in [0.29, 0.717) is 6.04 Å². The van der Waals surface area contributed by atoms with Crippen molar-refractivity contribution in [2.45, 2.75) is 38.3 Å². The van der Waals surface area contributed by atoms with E-state index in [4.69, 9.17) is 4.74 Å². The van der Waals surface area contributed by atoms with Crippen LogP contribution in [0.4, 0.5) is 0 Å². The molecule has 1 aliphatic heterocycles. The van der Waals surface area contributed by atoms with Gasteiger partial charge in [0.2, 0.25) is 0 Å². The van der Waals surface area contributed by atoms with Gasteiger partial charge in [-0.25, -0.2) is 0 Å². The molecule has 1 aromatic rings. The molecule has 0 spiro atoms. The van der Waals surface area contributed by atoms with Crippen LogP contribution >= 0.6 is 0 Å². The van der Waals surface area contributed by atoms with Crippen LogP contribution in [-0.4, -0.2) is 24.2 Å². The van der Waals surface area contributed by atoms with E-state index in [9.17, 15) is 0 Å². The van der Waals surface area contributed by atoms with E-state index in [1.807, 2.05) is 24.5 Å². The van der Waals surface area contributed by atoms with Gasteiger partial charge in [0.1, 0.15) is 0 Å². The lowest BCUT2D eigenvalue weighted by Crippen LogP contribution is -2.36. The van der Waals surface area contributed by atoms with Gasteiger partial charge in [0.25, 0.3) is 0 Å². The summed E-state index contributed by atoms with van der Waals surface area (Å²) in [5.41, 5.74) is 1.25. The maximum atomic E-state index is 5.81. The van der Waals surface area contributed by atoms with Gasteiger partial charge in [-0.05, 0) is 43.5 Å². The Morgan fingerprint density at radius 2 is 2.25 bits per heavy atom. The topological polar surface area (TPSA) is 34.1 Å². The molecule has 2 unspecified atom stereocenters. The fourth-order valence-electron chi connectivity index (χ4n) is 2.14. The molecule has 1 saturated heterocycles. The normalized spacial score (nSPS) is 25.6. The SMILES string of the molecule is CCCNC1CCOC(c2ccncc2)C1. The number of rotatable bonds is 4. The first kappa shape index (κ1) is 11.6. The summed E-state index contributed by atoms with van der Waals surface area (Å²) >= 11 is 0. The zero-order valence-corrected chi connectivity index (χ0v) is 9.86. The zero-order valence-electron chi connectivity index (χ0n) is 9.86. The summed E-state index contributed by atoms with van der Waals surface area (Å²) in [5, 5.41) is 3.58. The fraction of sp³-hybridized carbons (Fsp3) is 0.615. The van der Waals surface area contributed by atoms with Gasteiger partial charge in [-0.1, -0.05) is 6.92 Å². The zero-order chi connectivity index (χ0) is 11.2. The van der Waals surface area contributed by atoms with Crippen molar-refractivity contribution in [3.63, 3.8) is 0 Å². The molecular formula is C13H20N2O. The molecule has 0 aromatic carbocycles. The van der Waals surface area contributed by atoms with Crippen molar-refractivity contribution in [3.05, 3.63) is 30.1 Å². The van der Waals surface area contributed by atoms with E-state index >= 15 is 0 Å². The number of nitrogens with one attached hydrogen (secondary N) is 1. The Labute approximate surface area is 97.2 Å². The maximum Gasteiger partial charge on any atom is 0.0840 e. The maximum absolute atomic E-state index is 5.81. The molecule has 2 rings (SSSR count). The van der Waals surface area contributed by atoms with E-state index in [0.717, 1.165) is 26.0 Å². The summed E-state index contributed by atoms with van der Waals surface area (Å²) in [6.07, 6.45) is 7.30. The Balaban J connectivity index is 1.91. The average molecular weight is 220 g/mol. The van der Waals surface area contributed by atoms with E-state index in [1.165, 1.54) is 12.0 Å². The van der Waals surface area contributed by atoms with Gasteiger partial charge in [-0.15, -0.1) is 0 Å². The Hall–Kier alpha value is -0.930. The summed E-state index contributed by atoms with van der Waals surface area (Å²) < 4.78 is 5.81. The van der Waals surface area contributed by atoms with Crippen LogP contribution in [0, 0.1) is 0 Å². The van der Waals surface area contributed by atoms with Gasteiger partial charge in [-0.2, -0.15) is 0 Å². The van der Waals surface area contributed by atoms with E-state index in [1.54, 1.807) is 0 Å². The minimum absolute atomic E-state index is 0.242. The first-order valence-electron chi connectivity index (χ1n) is 6.15. The lowest BCUT2D eigenvalue weighted by atomic mass is 9.98. The standard InChI is InChI=1S/C13H20N2O/c1-2-6-15-12-5-9-16-13(10-12)11-3-7-14-8-4-11/h3-4,7-8,12-13,15H,2,5-6,9-10H2,1H3. The van der Waals surface area contributed by atoms with Crippen molar-refractivity contribution in [3.8, 4) is 0 Å². The third kappa shape index (κ3) is 3.03. The molecule has 2 heterocycles. The highest BCUT2D eigenvalue weighted by atomic mass is 16.5. The Morgan fingerprint density at radius 3 is 3.00 bits per heavy atom. The average Bonchev–Trinajstić information content (AvgIpc) is 2.38. The number of ether oxygens (including phenoxy) is 1. The third-order valence-electron chi connectivity index (χ3n) is 3.04. The Bertz CT molecular complexity index is 302. The van der Waals surface area contributed by atoms with Gasteiger partial charge in [0, 0.05) is 25.0 Å². The lowest BCUT2D eigenvalue weighted by Gasteiger charge is -2.30. The second-order valence-electron chi connectivity index (χ2n) is 4.32. The molecule has 0 radical (unpaired) electrons. The second-order valence-corrected chi connectivity index (χ2v) is 4.32. The highest BCUT2D eigenvalue weighted by Gasteiger charge is 2.22. The van der Waals surface area contributed by atoms with Crippen molar-refractivity contribution in [1.82, 2.24) is 10.3 Å². The van der Waals surface area contributed by atoms with Crippen LogP contribution in [0.15, 0.2) is 24.5 Å². The predicted octanol–water partition coefficient (Wildman–Crippen LogP) is 2.30. The Morgan fingerprint density at radius 1 is 1.44 bits per heavy atom. The van der Waals surface area contributed by atoms with E-state index < -0.39 is 0 Å². The van der Waals surface area contributed by atoms with E-state index in [-0.39, 0.29) is 6.10 Å². The highest BCUT2D eigenvalue weighted by molar-refractivity contribution is 5.14. The molecule has 88 valence electrons. The number of hydrogen-bond acceptors (Lipinski definition) is 3. The molecule has 2 atom stereocenters. The van der Waals surface area contributed by atoms with Gasteiger partial charge < -0.3 is 10.1 Å². The summed E-state index contributed by atoms with van der Waals surface area (Å²) in [6, 6.07) is 4.70. The minimum Gasteiger partial charge on any atom is -0.373 e. The van der Waals surface area contributed by atoms with Gasteiger partial charge in [0.15, 0.2) is 0 Å². The van der Waals surface area contributed by atoms with Crippen molar-refractivity contribution < 1.29 is 4.74 Å². The molecular weight excluding hydrogens is 200 g/mol. The van der Waals surface area contributed by atoms with Crippen LogP contribution in [0.3, 0.4) is 0 Å². The van der Waals surface area contributed by atoms with Crippen LogP contribution in [0.1, 0.15) is 37.9 Å². The van der Waals surface area contributed by atoms with Crippen molar-refractivity contribution in [2.75, 3.05) is 13.2 Å². The van der Waals surface area contributed by atoms with Crippen LogP contribution in [-0.2, 0) is 4.74 Å². The number of hydrogen-bond donors (Lipinski definition) is 1. The van der Waals surface area contributed by atoms with Gasteiger partial charge in [-0.3, -0.25) is 4.98 Å². The molecule has 0 saturated carbocycles. The molecule has 0 amide bonds. The Kier molecular flexibility index (Phi) is 4.31. The molecule has 0 aliphatic carbocycles. The van der Waals surface area contributed by atoms with Crippen molar-refractivity contribution in [2.24, 2.45) is 0 Å². The van der Waals surface area contributed by atoms with Crippen molar-refractivity contribution in [1.29, 1.82) is 0 Å². The summed E-state index contributed by atoms with van der Waals surface area (Å²) in [6.45, 7) is 4.16. The van der Waals surface area contributed by atoms with Crippen LogP contribution < -0.4 is 5.32 Å². The van der Waals surface area contributed by atoms with E-state index in [2.05, 4.69) is 17.2 Å². The molecule has 3 nitrogen and oxygen atoms in total. The summed E-state index contributed by atoms with van der Waals surface area (Å²) in [4.78, 5) is 4.04. The van der Waals surface area contributed by atoms with Crippen molar-refractivity contribution >= 4 is 0 Å². The highest BCUT2D eigenvalue weighted by Crippen LogP contribution is 2.27. The second kappa shape index (κ2) is 5.97. The summed E-state index contributed by atoms with van der Waals surface area (Å²) in [7, 11) is 0. The largest absolute Gasteiger partial charge is 0.373 e. The van der Waals surface area contributed by atoms with Gasteiger partial charge >= 0.3 is 0 Å². The molecule has 3 heteroatoms. The molecule has 1 aliphatic rings. The molecule has 1 N–H and O–H groups in total. The van der Waals surface area contributed by atoms with Gasteiger partial charge in [0.05, 0.1) is 6.10 Å². The quantitative estimate of drug-likeness (QED) is 0.845. The smallest absolute Gasteiger partial charge is 0.0840 e. The molecule has 1 aromatic heterocycles. The van der Waals surface area contributed by atoms with Crippen LogP contribution in [0.5, 0.6) is 0 Å².